The second-order valence-electron chi connectivity index (χ2n) is 3.78. The molecule has 0 fully saturated rings. The van der Waals surface area contributed by atoms with Crippen LogP contribution in [0.5, 0.6) is 0 Å². The third-order valence-corrected chi connectivity index (χ3v) is 2.48. The molecule has 0 aliphatic heterocycles. The predicted molar refractivity (Wildman–Crippen MR) is 63.6 cm³/mol. The van der Waals surface area contributed by atoms with Crippen LogP contribution in [0, 0.1) is 0 Å². The van der Waals surface area contributed by atoms with Gasteiger partial charge in [-0.15, -0.1) is 0 Å². The largest absolute Gasteiger partial charge is 0.479 e. The molecule has 5 nitrogen and oxygen atoms in total. The van der Waals surface area contributed by atoms with E-state index in [2.05, 4.69) is 10.6 Å². The fraction of sp³-hybridized carbons (Fsp3) is 0.333. The van der Waals surface area contributed by atoms with Crippen LogP contribution in [0.4, 0.5) is 4.79 Å². The minimum absolute atomic E-state index is 0.441. The number of rotatable bonds is 4. The number of carboxylic acid groups (broad SMARTS) is 1. The summed E-state index contributed by atoms with van der Waals surface area (Å²) in [5, 5.41) is 14.2. The Morgan fingerprint density at radius 3 is 2.35 bits per heavy atom. The predicted octanol–water partition coefficient (Wildman–Crippen LogP) is 1.31. The second kappa shape index (κ2) is 5.34. The molecule has 0 aliphatic rings. The Bertz CT molecular complexity index is 405. The van der Waals surface area contributed by atoms with Gasteiger partial charge in [-0.2, -0.15) is 0 Å². The van der Waals surface area contributed by atoms with Crippen molar-refractivity contribution in [2.75, 3.05) is 6.54 Å². The van der Waals surface area contributed by atoms with Crippen LogP contribution in [0.15, 0.2) is 30.3 Å². The Morgan fingerprint density at radius 1 is 1.29 bits per heavy atom. The lowest BCUT2D eigenvalue weighted by molar-refractivity contribution is -0.144. The smallest absolute Gasteiger partial charge is 0.333 e. The number of benzene rings is 1. The zero-order valence-electron chi connectivity index (χ0n) is 9.86. The molecule has 0 heterocycles. The molecule has 0 aliphatic carbocycles. The van der Waals surface area contributed by atoms with E-state index in [1.165, 1.54) is 6.92 Å². The van der Waals surface area contributed by atoms with Crippen molar-refractivity contribution in [1.82, 2.24) is 10.6 Å². The highest BCUT2D eigenvalue weighted by Gasteiger charge is 2.36. The van der Waals surface area contributed by atoms with E-state index >= 15 is 0 Å². The molecule has 17 heavy (non-hydrogen) atoms. The van der Waals surface area contributed by atoms with Gasteiger partial charge in [-0.1, -0.05) is 30.3 Å². The molecule has 0 saturated heterocycles. The Balaban J connectivity index is 2.99. The summed E-state index contributed by atoms with van der Waals surface area (Å²) in [6.45, 7) is 3.66. The molecule has 1 aromatic carbocycles. The van der Waals surface area contributed by atoms with Crippen molar-refractivity contribution in [2.24, 2.45) is 0 Å². The molecule has 0 aromatic heterocycles. The topological polar surface area (TPSA) is 78.4 Å². The van der Waals surface area contributed by atoms with Crippen LogP contribution < -0.4 is 10.6 Å². The molecule has 1 unspecified atom stereocenters. The SMILES string of the molecule is CCNC(=O)NC(C)(C(=O)O)c1ccccc1. The van der Waals surface area contributed by atoms with Crippen molar-refractivity contribution < 1.29 is 14.7 Å². The first-order valence-corrected chi connectivity index (χ1v) is 5.35. The van der Waals surface area contributed by atoms with Crippen LogP contribution in [0.1, 0.15) is 19.4 Å². The number of carbonyl (C=O) groups excluding carboxylic acids is 1. The Labute approximate surface area is 99.8 Å². The number of carbonyl (C=O) groups is 2. The molecule has 0 radical (unpaired) electrons. The minimum atomic E-state index is -1.43. The molecule has 1 rings (SSSR count). The Morgan fingerprint density at radius 2 is 1.88 bits per heavy atom. The summed E-state index contributed by atoms with van der Waals surface area (Å²) in [4.78, 5) is 22.8. The Kier molecular flexibility index (Phi) is 4.09. The minimum Gasteiger partial charge on any atom is -0.479 e. The average molecular weight is 236 g/mol. The van der Waals surface area contributed by atoms with Gasteiger partial charge >= 0.3 is 12.0 Å². The van der Waals surface area contributed by atoms with Gasteiger partial charge in [-0.25, -0.2) is 9.59 Å². The maximum Gasteiger partial charge on any atom is 0.333 e. The fourth-order valence-electron chi connectivity index (χ4n) is 1.45. The summed E-state index contributed by atoms with van der Waals surface area (Å²) >= 11 is 0. The fourth-order valence-corrected chi connectivity index (χ4v) is 1.45. The molecular weight excluding hydrogens is 220 g/mol. The van der Waals surface area contributed by atoms with E-state index in [1.54, 1.807) is 37.3 Å². The summed E-state index contributed by atoms with van der Waals surface area (Å²) in [6.07, 6.45) is 0. The first-order valence-electron chi connectivity index (χ1n) is 5.35. The van der Waals surface area contributed by atoms with Crippen molar-refractivity contribution in [2.45, 2.75) is 19.4 Å². The van der Waals surface area contributed by atoms with E-state index in [-0.39, 0.29) is 0 Å². The maximum atomic E-state index is 11.5. The third kappa shape index (κ3) is 2.96. The van der Waals surface area contributed by atoms with E-state index < -0.39 is 17.5 Å². The molecule has 92 valence electrons. The van der Waals surface area contributed by atoms with Gasteiger partial charge in [-0.05, 0) is 19.4 Å². The monoisotopic (exact) mass is 236 g/mol. The van der Waals surface area contributed by atoms with Crippen LogP contribution in [0.2, 0.25) is 0 Å². The number of hydrogen-bond acceptors (Lipinski definition) is 2. The molecule has 1 aromatic rings. The van der Waals surface area contributed by atoms with Crippen LogP contribution in [-0.4, -0.2) is 23.7 Å². The molecule has 3 N–H and O–H groups in total. The van der Waals surface area contributed by atoms with Crippen LogP contribution in [-0.2, 0) is 10.3 Å². The van der Waals surface area contributed by atoms with Crippen LogP contribution >= 0.6 is 0 Å². The van der Waals surface area contributed by atoms with E-state index in [9.17, 15) is 14.7 Å². The molecule has 5 heteroatoms. The van der Waals surface area contributed by atoms with E-state index in [0.29, 0.717) is 12.1 Å². The molecule has 0 bridgehead atoms. The molecule has 0 spiro atoms. The average Bonchev–Trinajstić information content (AvgIpc) is 2.30. The summed E-state index contributed by atoms with van der Waals surface area (Å²) in [7, 11) is 0. The number of urea groups is 1. The van der Waals surface area contributed by atoms with Gasteiger partial charge in [0, 0.05) is 6.54 Å². The lowest BCUT2D eigenvalue weighted by Gasteiger charge is -2.26. The number of amides is 2. The van der Waals surface area contributed by atoms with Gasteiger partial charge in [0.25, 0.3) is 0 Å². The quantitative estimate of drug-likeness (QED) is 0.737. The number of nitrogens with one attached hydrogen (secondary N) is 2. The Hall–Kier alpha value is -2.04. The first kappa shape index (κ1) is 13.0. The first-order chi connectivity index (χ1) is 8.00. The van der Waals surface area contributed by atoms with Gasteiger partial charge in [0.05, 0.1) is 0 Å². The summed E-state index contributed by atoms with van der Waals surface area (Å²) in [6, 6.07) is 8.09. The lowest BCUT2D eigenvalue weighted by atomic mass is 9.92. The lowest BCUT2D eigenvalue weighted by Crippen LogP contribution is -2.52. The third-order valence-electron chi connectivity index (χ3n) is 2.48. The van der Waals surface area contributed by atoms with Gasteiger partial charge < -0.3 is 15.7 Å². The van der Waals surface area contributed by atoms with Crippen LogP contribution in [0.3, 0.4) is 0 Å². The van der Waals surface area contributed by atoms with Gasteiger partial charge in [0.15, 0.2) is 5.54 Å². The zero-order chi connectivity index (χ0) is 12.9. The highest BCUT2D eigenvalue weighted by Crippen LogP contribution is 2.20. The van der Waals surface area contributed by atoms with Crippen molar-refractivity contribution in [3.63, 3.8) is 0 Å². The normalized spacial score (nSPS) is 13.5. The summed E-state index contributed by atoms with van der Waals surface area (Å²) < 4.78 is 0. The maximum absolute atomic E-state index is 11.5. The van der Waals surface area contributed by atoms with Gasteiger partial charge in [-0.3, -0.25) is 0 Å². The van der Waals surface area contributed by atoms with E-state index in [4.69, 9.17) is 0 Å². The van der Waals surface area contributed by atoms with E-state index in [1.807, 2.05) is 0 Å². The van der Waals surface area contributed by atoms with Gasteiger partial charge in [0.2, 0.25) is 0 Å². The molecule has 2 amide bonds. The van der Waals surface area contributed by atoms with Gasteiger partial charge in [0.1, 0.15) is 0 Å². The van der Waals surface area contributed by atoms with E-state index in [0.717, 1.165) is 0 Å². The molecule has 0 saturated carbocycles. The number of aliphatic carboxylic acids is 1. The number of carboxylic acids is 1. The molecule has 1 atom stereocenters. The number of hydrogen-bond donors (Lipinski definition) is 3. The standard InChI is InChI=1S/C12H16N2O3/c1-3-13-11(17)14-12(2,10(15)16)9-7-5-4-6-8-9/h4-8H,3H2,1-2H3,(H,15,16)(H2,13,14,17). The van der Waals surface area contributed by atoms with Crippen molar-refractivity contribution >= 4 is 12.0 Å². The highest BCUT2D eigenvalue weighted by molar-refractivity contribution is 5.87. The van der Waals surface area contributed by atoms with Crippen molar-refractivity contribution in [3.8, 4) is 0 Å². The van der Waals surface area contributed by atoms with Crippen molar-refractivity contribution in [3.05, 3.63) is 35.9 Å². The molecular formula is C12H16N2O3. The summed E-state index contributed by atoms with van der Waals surface area (Å²) in [5.74, 6) is -1.10. The highest BCUT2D eigenvalue weighted by atomic mass is 16.4. The zero-order valence-corrected chi connectivity index (χ0v) is 9.86. The van der Waals surface area contributed by atoms with Crippen LogP contribution in [0.25, 0.3) is 0 Å². The van der Waals surface area contributed by atoms with Crippen molar-refractivity contribution in [1.29, 1.82) is 0 Å². The summed E-state index contributed by atoms with van der Waals surface area (Å²) in [5.41, 5.74) is -0.903. The second-order valence-corrected chi connectivity index (χ2v) is 3.78.